The Morgan fingerprint density at radius 2 is 1.72 bits per heavy atom. The topological polar surface area (TPSA) is 20.2 Å². The minimum Gasteiger partial charge on any atom is -0.507 e. The molecule has 1 rings (SSSR count). The van der Waals surface area contributed by atoms with Crippen LogP contribution in [-0.2, 0) is 5.92 Å². The van der Waals surface area contributed by atoms with Crippen LogP contribution in [0.15, 0.2) is 18.2 Å². The molecule has 0 bridgehead atoms. The Labute approximate surface area is 101 Å². The lowest BCUT2D eigenvalue weighted by Gasteiger charge is -2.22. The molecule has 0 heterocycles. The summed E-state index contributed by atoms with van der Waals surface area (Å²) < 4.78 is 63.1. The van der Waals surface area contributed by atoms with Gasteiger partial charge in [0.1, 0.15) is 5.75 Å². The van der Waals surface area contributed by atoms with Crippen molar-refractivity contribution in [3.05, 3.63) is 29.3 Å². The van der Waals surface area contributed by atoms with Crippen LogP contribution in [0.4, 0.5) is 22.0 Å². The summed E-state index contributed by atoms with van der Waals surface area (Å²) >= 11 is 0. The molecule has 0 aromatic heterocycles. The van der Waals surface area contributed by atoms with Crippen LogP contribution in [0.25, 0.3) is 0 Å². The molecule has 0 spiro atoms. The first-order valence-corrected chi connectivity index (χ1v) is 5.39. The predicted molar refractivity (Wildman–Crippen MR) is 56.8 cm³/mol. The number of para-hydroxylation sites is 1. The van der Waals surface area contributed by atoms with Gasteiger partial charge >= 0.3 is 12.1 Å². The highest BCUT2D eigenvalue weighted by atomic mass is 19.4. The first-order chi connectivity index (χ1) is 8.13. The Bertz CT molecular complexity index is 425. The van der Waals surface area contributed by atoms with E-state index in [2.05, 4.69) is 0 Å². The normalized spacial score (nSPS) is 14.6. The van der Waals surface area contributed by atoms with E-state index in [0.29, 0.717) is 12.5 Å². The third kappa shape index (κ3) is 2.42. The number of hydrogen-bond donors (Lipinski definition) is 1. The fraction of sp³-hybridized carbons (Fsp3) is 0.500. The summed E-state index contributed by atoms with van der Waals surface area (Å²) in [5, 5.41) is 9.61. The highest BCUT2D eigenvalue weighted by Crippen LogP contribution is 2.48. The predicted octanol–water partition coefficient (Wildman–Crippen LogP) is 4.56. The number of rotatable bonds is 3. The van der Waals surface area contributed by atoms with Crippen molar-refractivity contribution >= 4 is 0 Å². The van der Waals surface area contributed by atoms with Crippen molar-refractivity contribution < 1.29 is 27.1 Å². The molecule has 1 aromatic rings. The maximum absolute atomic E-state index is 13.2. The van der Waals surface area contributed by atoms with Crippen molar-refractivity contribution in [2.45, 2.75) is 38.3 Å². The zero-order valence-corrected chi connectivity index (χ0v) is 9.85. The molecule has 0 fully saturated rings. The van der Waals surface area contributed by atoms with Crippen LogP contribution in [0.3, 0.4) is 0 Å². The summed E-state index contributed by atoms with van der Waals surface area (Å²) in [5.41, 5.74) is -1.30. The van der Waals surface area contributed by atoms with Gasteiger partial charge in [0.2, 0.25) is 0 Å². The summed E-state index contributed by atoms with van der Waals surface area (Å²) in [6.07, 6.45) is -5.20. The van der Waals surface area contributed by atoms with E-state index in [1.807, 2.05) is 0 Å². The molecule has 0 aliphatic heterocycles. The zero-order chi connectivity index (χ0) is 14.1. The summed E-state index contributed by atoms with van der Waals surface area (Å²) in [7, 11) is 0. The van der Waals surface area contributed by atoms with Gasteiger partial charge in [-0.15, -0.1) is 0 Å². The van der Waals surface area contributed by atoms with Crippen molar-refractivity contribution in [1.29, 1.82) is 0 Å². The van der Waals surface area contributed by atoms with Gasteiger partial charge in [-0.3, -0.25) is 0 Å². The van der Waals surface area contributed by atoms with Gasteiger partial charge in [0, 0.05) is 0 Å². The first kappa shape index (κ1) is 14.7. The Hall–Kier alpha value is -1.33. The minimum atomic E-state index is -5.72. The first-order valence-electron chi connectivity index (χ1n) is 5.39. The Kier molecular flexibility index (Phi) is 3.88. The third-order valence-electron chi connectivity index (χ3n) is 2.90. The van der Waals surface area contributed by atoms with Crippen molar-refractivity contribution in [1.82, 2.24) is 0 Å². The summed E-state index contributed by atoms with van der Waals surface area (Å²) in [4.78, 5) is 0. The van der Waals surface area contributed by atoms with Crippen molar-refractivity contribution in [3.63, 3.8) is 0 Å². The van der Waals surface area contributed by atoms with E-state index in [9.17, 15) is 27.1 Å². The maximum Gasteiger partial charge on any atom is 0.458 e. The Morgan fingerprint density at radius 3 is 2.17 bits per heavy atom. The Morgan fingerprint density at radius 1 is 1.17 bits per heavy atom. The average molecular weight is 268 g/mol. The van der Waals surface area contributed by atoms with E-state index in [-0.39, 0.29) is 11.5 Å². The van der Waals surface area contributed by atoms with Crippen LogP contribution in [0.5, 0.6) is 5.75 Å². The van der Waals surface area contributed by atoms with Gasteiger partial charge in [-0.1, -0.05) is 26.0 Å². The lowest BCUT2D eigenvalue weighted by atomic mass is 9.93. The van der Waals surface area contributed by atoms with Crippen LogP contribution >= 0.6 is 0 Å². The largest absolute Gasteiger partial charge is 0.507 e. The maximum atomic E-state index is 13.2. The van der Waals surface area contributed by atoms with Gasteiger partial charge in [0.15, 0.2) is 0 Å². The monoisotopic (exact) mass is 268 g/mol. The van der Waals surface area contributed by atoms with E-state index in [0.717, 1.165) is 6.07 Å². The van der Waals surface area contributed by atoms with Gasteiger partial charge < -0.3 is 5.11 Å². The molecular formula is C12H13F5O. The van der Waals surface area contributed by atoms with Gasteiger partial charge in [0.25, 0.3) is 0 Å². The van der Waals surface area contributed by atoms with Crippen molar-refractivity contribution in [2.75, 3.05) is 0 Å². The van der Waals surface area contributed by atoms with E-state index in [1.165, 1.54) is 6.07 Å². The van der Waals surface area contributed by atoms with E-state index in [4.69, 9.17) is 0 Å². The van der Waals surface area contributed by atoms with Crippen molar-refractivity contribution in [2.24, 2.45) is 0 Å². The lowest BCUT2D eigenvalue weighted by Crippen LogP contribution is -2.33. The van der Waals surface area contributed by atoms with E-state index < -0.39 is 23.4 Å². The fourth-order valence-corrected chi connectivity index (χ4v) is 1.59. The van der Waals surface area contributed by atoms with E-state index >= 15 is 0 Å². The number of benzene rings is 1. The van der Waals surface area contributed by atoms with Gasteiger partial charge in [0.05, 0.1) is 5.56 Å². The molecule has 0 aliphatic carbocycles. The Balaban J connectivity index is 3.36. The van der Waals surface area contributed by atoms with Crippen LogP contribution in [0.2, 0.25) is 0 Å². The van der Waals surface area contributed by atoms with Crippen LogP contribution in [-0.4, -0.2) is 11.3 Å². The molecular weight excluding hydrogens is 255 g/mol. The SMILES string of the molecule is CCC(C)c1cccc(C(F)(F)C(F)(F)F)c1O. The molecule has 102 valence electrons. The molecule has 1 atom stereocenters. The highest BCUT2D eigenvalue weighted by Gasteiger charge is 2.60. The summed E-state index contributed by atoms with van der Waals surface area (Å²) in [6, 6.07) is 3.03. The molecule has 0 aliphatic rings. The van der Waals surface area contributed by atoms with Crippen molar-refractivity contribution in [3.8, 4) is 5.75 Å². The number of halogens is 5. The van der Waals surface area contributed by atoms with E-state index in [1.54, 1.807) is 13.8 Å². The average Bonchev–Trinajstić information content (AvgIpc) is 2.26. The number of hydrogen-bond acceptors (Lipinski definition) is 1. The quantitative estimate of drug-likeness (QED) is 0.797. The molecule has 1 unspecified atom stereocenters. The van der Waals surface area contributed by atoms with Crippen LogP contribution < -0.4 is 0 Å². The molecule has 18 heavy (non-hydrogen) atoms. The minimum absolute atomic E-state index is 0.0962. The van der Waals surface area contributed by atoms with Crippen LogP contribution in [0.1, 0.15) is 37.3 Å². The number of alkyl halides is 5. The molecule has 0 amide bonds. The van der Waals surface area contributed by atoms with Gasteiger partial charge in [-0.25, -0.2) is 0 Å². The van der Waals surface area contributed by atoms with Crippen LogP contribution in [0, 0.1) is 0 Å². The number of phenols is 1. The number of phenolic OH excluding ortho intramolecular Hbond substituents is 1. The second-order valence-corrected chi connectivity index (χ2v) is 4.12. The molecule has 0 radical (unpaired) electrons. The number of aromatic hydroxyl groups is 1. The summed E-state index contributed by atoms with van der Waals surface area (Å²) in [6.45, 7) is 3.39. The van der Waals surface area contributed by atoms with Gasteiger partial charge in [-0.05, 0) is 24.0 Å². The zero-order valence-electron chi connectivity index (χ0n) is 9.85. The molecule has 0 saturated heterocycles. The summed E-state index contributed by atoms with van der Waals surface area (Å²) in [5.74, 6) is -6.33. The molecule has 1 aromatic carbocycles. The third-order valence-corrected chi connectivity index (χ3v) is 2.90. The molecule has 0 saturated carbocycles. The van der Waals surface area contributed by atoms with Gasteiger partial charge in [-0.2, -0.15) is 22.0 Å². The molecule has 6 heteroatoms. The second kappa shape index (κ2) is 4.74. The standard InChI is InChI=1S/C12H13F5O/c1-3-7(2)8-5-4-6-9(10(8)18)11(13,14)12(15,16)17/h4-7,18H,3H2,1-2H3. The lowest BCUT2D eigenvalue weighted by molar-refractivity contribution is -0.289. The fourth-order valence-electron chi connectivity index (χ4n) is 1.59. The molecule has 1 nitrogen and oxygen atoms in total. The highest BCUT2D eigenvalue weighted by molar-refractivity contribution is 5.45. The smallest absolute Gasteiger partial charge is 0.458 e. The second-order valence-electron chi connectivity index (χ2n) is 4.12. The molecule has 1 N–H and O–H groups in total.